The fourth-order valence-electron chi connectivity index (χ4n) is 1.45. The van der Waals surface area contributed by atoms with Crippen LogP contribution >= 0.6 is 0 Å². The minimum atomic E-state index is -4.93. The van der Waals surface area contributed by atoms with Gasteiger partial charge in [0.05, 0.1) is 0 Å². The first kappa shape index (κ1) is 14.8. The van der Waals surface area contributed by atoms with Gasteiger partial charge in [-0.15, -0.1) is 9.60 Å². The molecule has 1 rings (SSSR count). The normalized spacial score (nSPS) is 14.3. The molecule has 0 amide bonds. The van der Waals surface area contributed by atoms with Crippen LogP contribution in [0.25, 0.3) is 0 Å². The van der Waals surface area contributed by atoms with E-state index in [2.05, 4.69) is 0 Å². The molecule has 0 saturated carbocycles. The molecule has 0 radical (unpaired) electrons. The summed E-state index contributed by atoms with van der Waals surface area (Å²) in [7, 11) is 0. The van der Waals surface area contributed by atoms with Crippen molar-refractivity contribution in [3.8, 4) is 0 Å². The Kier molecular flexibility index (Phi) is 4.26. The van der Waals surface area contributed by atoms with Crippen molar-refractivity contribution in [3.05, 3.63) is 35.4 Å². The van der Waals surface area contributed by atoms with Crippen LogP contribution in [0.1, 0.15) is 25.5 Å². The molecule has 1 nitrogen and oxygen atoms in total. The van der Waals surface area contributed by atoms with E-state index < -0.39 is 40.6 Å². The molecule has 0 bridgehead atoms. The molecule has 0 heterocycles. The van der Waals surface area contributed by atoms with Gasteiger partial charge >= 0.3 is 6.18 Å². The van der Waals surface area contributed by atoms with Gasteiger partial charge in [-0.3, -0.25) is 0 Å². The van der Waals surface area contributed by atoms with Gasteiger partial charge in [-0.1, -0.05) is 6.07 Å². The van der Waals surface area contributed by atoms with Crippen LogP contribution in [0.5, 0.6) is 0 Å². The Bertz CT molecular complexity index is 414. The first-order valence-corrected chi connectivity index (χ1v) is 5.10. The van der Waals surface area contributed by atoms with Crippen molar-refractivity contribution in [1.29, 1.82) is 0 Å². The van der Waals surface area contributed by atoms with E-state index in [-0.39, 0.29) is 0 Å². The van der Waals surface area contributed by atoms with Gasteiger partial charge < -0.3 is 0 Å². The second-order valence-electron chi connectivity index (χ2n) is 4.06. The van der Waals surface area contributed by atoms with Crippen LogP contribution in [0.3, 0.4) is 0 Å². The number of halogens is 6. The third-order valence-electron chi connectivity index (χ3n) is 2.31. The quantitative estimate of drug-likeness (QED) is 0.589. The Hall–Kier alpha value is -1.24. The predicted octanol–water partition coefficient (Wildman–Crippen LogP) is 4.16. The molecule has 7 heteroatoms. The summed E-state index contributed by atoms with van der Waals surface area (Å²) in [6.45, 7) is 2.44. The average molecular weight is 271 g/mol. The maximum absolute atomic E-state index is 13.5. The van der Waals surface area contributed by atoms with Crippen LogP contribution in [0.4, 0.5) is 26.4 Å². The van der Waals surface area contributed by atoms with Crippen LogP contribution in [0.2, 0.25) is 0 Å². The number of hydrogen-bond acceptors (Lipinski definition) is 1. The van der Waals surface area contributed by atoms with E-state index in [0.717, 1.165) is 0 Å². The molecule has 18 heavy (non-hydrogen) atoms. The Balaban J connectivity index is 3.22. The highest BCUT2D eigenvalue weighted by Crippen LogP contribution is 2.39. The summed E-state index contributed by atoms with van der Waals surface area (Å²) >= 11 is 0. The molecule has 0 N–H and O–H groups in total. The SMILES string of the molecule is CC(C)N(F)C(c1ccc(F)c(F)c1)C(F)(F)F. The lowest BCUT2D eigenvalue weighted by Gasteiger charge is -2.28. The molecule has 0 aromatic heterocycles. The van der Waals surface area contributed by atoms with Crippen molar-refractivity contribution >= 4 is 0 Å². The highest BCUT2D eigenvalue weighted by molar-refractivity contribution is 5.22. The van der Waals surface area contributed by atoms with Crippen LogP contribution in [0.15, 0.2) is 18.2 Å². The minimum Gasteiger partial charge on any atom is -0.204 e. The molecule has 1 aromatic rings. The summed E-state index contributed by atoms with van der Waals surface area (Å²) in [6, 6.07) is -2.07. The molecule has 1 aromatic carbocycles. The third kappa shape index (κ3) is 3.16. The Labute approximate surface area is 99.9 Å². The smallest absolute Gasteiger partial charge is 0.204 e. The van der Waals surface area contributed by atoms with E-state index in [9.17, 15) is 26.4 Å². The summed E-state index contributed by atoms with van der Waals surface area (Å²) in [6.07, 6.45) is -4.93. The topological polar surface area (TPSA) is 3.24 Å². The molecule has 0 aliphatic rings. The summed E-state index contributed by atoms with van der Waals surface area (Å²) < 4.78 is 77.3. The van der Waals surface area contributed by atoms with Gasteiger partial charge in [0.15, 0.2) is 17.7 Å². The van der Waals surface area contributed by atoms with Gasteiger partial charge in [0.1, 0.15) is 0 Å². The van der Waals surface area contributed by atoms with Crippen molar-refractivity contribution in [2.75, 3.05) is 0 Å². The molecule has 0 fully saturated rings. The van der Waals surface area contributed by atoms with E-state index in [1.165, 1.54) is 13.8 Å². The maximum Gasteiger partial charge on any atom is 0.410 e. The zero-order chi connectivity index (χ0) is 14.1. The first-order valence-electron chi connectivity index (χ1n) is 5.10. The summed E-state index contributed by atoms with van der Waals surface area (Å²) in [4.78, 5) is 0. The fraction of sp³-hybridized carbons (Fsp3) is 0.455. The van der Waals surface area contributed by atoms with Gasteiger partial charge in [0, 0.05) is 6.04 Å². The zero-order valence-corrected chi connectivity index (χ0v) is 9.60. The van der Waals surface area contributed by atoms with Crippen molar-refractivity contribution < 1.29 is 26.4 Å². The molecule has 1 unspecified atom stereocenters. The van der Waals surface area contributed by atoms with Gasteiger partial charge in [-0.05, 0) is 31.5 Å². The van der Waals surface area contributed by atoms with Gasteiger partial charge in [-0.25, -0.2) is 8.78 Å². The maximum atomic E-state index is 13.5. The molecule has 0 spiro atoms. The largest absolute Gasteiger partial charge is 0.410 e. The zero-order valence-electron chi connectivity index (χ0n) is 9.60. The van der Waals surface area contributed by atoms with Crippen molar-refractivity contribution in [3.63, 3.8) is 0 Å². The lowest BCUT2D eigenvalue weighted by atomic mass is 10.0. The third-order valence-corrected chi connectivity index (χ3v) is 2.31. The average Bonchev–Trinajstić information content (AvgIpc) is 2.21. The second-order valence-corrected chi connectivity index (χ2v) is 4.06. The minimum absolute atomic E-state index is 0.350. The predicted molar refractivity (Wildman–Crippen MR) is 53.2 cm³/mol. The van der Waals surface area contributed by atoms with Crippen molar-refractivity contribution in [1.82, 2.24) is 5.12 Å². The van der Waals surface area contributed by atoms with Crippen LogP contribution in [-0.2, 0) is 0 Å². The lowest BCUT2D eigenvalue weighted by molar-refractivity contribution is -0.231. The van der Waals surface area contributed by atoms with Crippen LogP contribution in [0, 0.1) is 11.6 Å². The molecule has 0 saturated heterocycles. The Morgan fingerprint density at radius 3 is 2.00 bits per heavy atom. The van der Waals surface area contributed by atoms with E-state index in [0.29, 0.717) is 18.2 Å². The highest BCUT2D eigenvalue weighted by atomic mass is 19.4. The number of benzene rings is 1. The first-order chi connectivity index (χ1) is 8.14. The molecule has 1 atom stereocenters. The second kappa shape index (κ2) is 5.17. The standard InChI is InChI=1S/C11H11F6N/c1-6(2)18(17)10(11(14,15)16)7-3-4-8(12)9(13)5-7/h3-6,10H,1-2H3. The Morgan fingerprint density at radius 1 is 1.06 bits per heavy atom. The van der Waals surface area contributed by atoms with E-state index in [1.807, 2.05) is 0 Å². The van der Waals surface area contributed by atoms with E-state index in [1.54, 1.807) is 0 Å². The Morgan fingerprint density at radius 2 is 1.61 bits per heavy atom. The number of alkyl halides is 3. The molecular weight excluding hydrogens is 260 g/mol. The number of hydrogen-bond donors (Lipinski definition) is 0. The summed E-state index contributed by atoms with van der Waals surface area (Å²) in [5.41, 5.74) is -0.683. The monoisotopic (exact) mass is 271 g/mol. The van der Waals surface area contributed by atoms with Crippen LogP contribution in [-0.4, -0.2) is 17.3 Å². The lowest BCUT2D eigenvalue weighted by Crippen LogP contribution is -2.37. The number of rotatable bonds is 3. The summed E-state index contributed by atoms with van der Waals surface area (Å²) in [5, 5.41) is -0.438. The van der Waals surface area contributed by atoms with Crippen LogP contribution < -0.4 is 0 Å². The summed E-state index contributed by atoms with van der Waals surface area (Å²) in [5.74, 6) is -2.73. The van der Waals surface area contributed by atoms with E-state index >= 15 is 0 Å². The highest BCUT2D eigenvalue weighted by Gasteiger charge is 2.46. The van der Waals surface area contributed by atoms with Gasteiger partial charge in [-0.2, -0.15) is 13.2 Å². The molecular formula is C11H11F6N. The van der Waals surface area contributed by atoms with Crippen molar-refractivity contribution in [2.24, 2.45) is 0 Å². The molecule has 102 valence electrons. The number of nitrogens with zero attached hydrogens (tertiary/aromatic N) is 1. The molecule has 0 aliphatic carbocycles. The van der Waals surface area contributed by atoms with Crippen molar-refractivity contribution in [2.45, 2.75) is 32.1 Å². The molecule has 0 aliphatic heterocycles. The van der Waals surface area contributed by atoms with Gasteiger partial charge in [0.25, 0.3) is 0 Å². The van der Waals surface area contributed by atoms with E-state index in [4.69, 9.17) is 0 Å². The van der Waals surface area contributed by atoms with Gasteiger partial charge in [0.2, 0.25) is 0 Å². The fourth-order valence-corrected chi connectivity index (χ4v) is 1.45.